The Labute approximate surface area is 109 Å². The van der Waals surface area contributed by atoms with E-state index in [9.17, 15) is 9.90 Å². The van der Waals surface area contributed by atoms with Crippen LogP contribution in [-0.4, -0.2) is 53.1 Å². The van der Waals surface area contributed by atoms with Crippen molar-refractivity contribution < 1.29 is 19.4 Å². The molecule has 1 saturated heterocycles. The number of aliphatic hydroxyl groups excluding tert-OH is 1. The van der Waals surface area contributed by atoms with E-state index in [2.05, 4.69) is 0 Å². The highest BCUT2D eigenvalue weighted by Crippen LogP contribution is 2.26. The van der Waals surface area contributed by atoms with Crippen molar-refractivity contribution >= 4 is 6.09 Å². The van der Waals surface area contributed by atoms with E-state index in [-0.39, 0.29) is 11.7 Å². The lowest BCUT2D eigenvalue weighted by Crippen LogP contribution is -2.39. The van der Waals surface area contributed by atoms with Gasteiger partial charge in [0.05, 0.1) is 24.9 Å². The van der Waals surface area contributed by atoms with Crippen molar-refractivity contribution in [1.29, 1.82) is 0 Å². The first-order chi connectivity index (χ1) is 8.11. The number of aliphatic hydroxyl groups is 1. The van der Waals surface area contributed by atoms with E-state index in [4.69, 9.17) is 9.47 Å². The summed E-state index contributed by atoms with van der Waals surface area (Å²) in [6.45, 7) is 10.6. The minimum Gasteiger partial charge on any atom is -0.444 e. The first-order valence-electron chi connectivity index (χ1n) is 6.41. The minimum absolute atomic E-state index is 0.290. The molecule has 0 aromatic heterocycles. The van der Waals surface area contributed by atoms with Crippen LogP contribution in [0.25, 0.3) is 0 Å². The standard InChI is InChI=1S/C13H25NO4/c1-10(15)8-17-13(5)6-7-14(9-13)11(16)18-12(2,3)4/h10,15H,6-9H2,1-5H3. The molecule has 1 N–H and O–H groups in total. The Balaban J connectivity index is 2.47. The van der Waals surface area contributed by atoms with Crippen LogP contribution in [0.5, 0.6) is 0 Å². The number of rotatable bonds is 3. The third kappa shape index (κ3) is 4.82. The van der Waals surface area contributed by atoms with Crippen LogP contribution in [0.4, 0.5) is 4.79 Å². The minimum atomic E-state index is -0.489. The first kappa shape index (κ1) is 15.2. The molecule has 5 nitrogen and oxygen atoms in total. The van der Waals surface area contributed by atoms with Gasteiger partial charge in [-0.2, -0.15) is 0 Å². The lowest BCUT2D eigenvalue weighted by atomic mass is 10.1. The summed E-state index contributed by atoms with van der Waals surface area (Å²) >= 11 is 0. The smallest absolute Gasteiger partial charge is 0.410 e. The molecule has 0 spiro atoms. The number of nitrogens with zero attached hydrogens (tertiary/aromatic N) is 1. The number of carbonyl (C=O) groups excluding carboxylic acids is 1. The zero-order chi connectivity index (χ0) is 14.0. The Kier molecular flexibility index (Phi) is 4.61. The second kappa shape index (κ2) is 5.45. The fourth-order valence-electron chi connectivity index (χ4n) is 1.86. The van der Waals surface area contributed by atoms with Gasteiger partial charge in [0, 0.05) is 6.54 Å². The number of likely N-dealkylation sites (tertiary alicyclic amines) is 1. The molecule has 0 aliphatic carbocycles. The Morgan fingerprint density at radius 2 is 2.11 bits per heavy atom. The molecule has 1 amide bonds. The van der Waals surface area contributed by atoms with Crippen molar-refractivity contribution in [1.82, 2.24) is 4.90 Å². The molecule has 106 valence electrons. The maximum atomic E-state index is 11.9. The van der Waals surface area contributed by atoms with Crippen LogP contribution >= 0.6 is 0 Å². The Bertz CT molecular complexity index is 298. The fourth-order valence-corrected chi connectivity index (χ4v) is 1.86. The average Bonchev–Trinajstić information content (AvgIpc) is 2.56. The molecule has 1 aliphatic heterocycles. The van der Waals surface area contributed by atoms with Gasteiger partial charge in [0.2, 0.25) is 0 Å². The number of amides is 1. The second-order valence-electron chi connectivity index (χ2n) is 6.26. The normalized spacial score (nSPS) is 26.2. The van der Waals surface area contributed by atoms with Crippen LogP contribution in [-0.2, 0) is 9.47 Å². The molecule has 0 aromatic rings. The molecule has 5 heteroatoms. The third-order valence-corrected chi connectivity index (χ3v) is 2.76. The Morgan fingerprint density at radius 3 is 2.61 bits per heavy atom. The highest BCUT2D eigenvalue weighted by atomic mass is 16.6. The van der Waals surface area contributed by atoms with E-state index in [0.717, 1.165) is 6.42 Å². The molecular weight excluding hydrogens is 234 g/mol. The molecular formula is C13H25NO4. The number of carbonyl (C=O) groups is 1. The van der Waals surface area contributed by atoms with Crippen molar-refractivity contribution in [3.05, 3.63) is 0 Å². The quantitative estimate of drug-likeness (QED) is 0.839. The van der Waals surface area contributed by atoms with Crippen LogP contribution in [0, 0.1) is 0 Å². The van der Waals surface area contributed by atoms with E-state index < -0.39 is 11.7 Å². The highest BCUT2D eigenvalue weighted by molar-refractivity contribution is 5.68. The summed E-state index contributed by atoms with van der Waals surface area (Å²) in [7, 11) is 0. The maximum absolute atomic E-state index is 11.9. The van der Waals surface area contributed by atoms with Crippen molar-refractivity contribution in [2.24, 2.45) is 0 Å². The van der Waals surface area contributed by atoms with Gasteiger partial charge in [0.1, 0.15) is 5.60 Å². The number of hydrogen-bond acceptors (Lipinski definition) is 4. The largest absolute Gasteiger partial charge is 0.444 e. The molecule has 0 saturated carbocycles. The zero-order valence-corrected chi connectivity index (χ0v) is 12.0. The van der Waals surface area contributed by atoms with Crippen molar-refractivity contribution in [3.8, 4) is 0 Å². The van der Waals surface area contributed by atoms with Gasteiger partial charge in [0.25, 0.3) is 0 Å². The molecule has 0 bridgehead atoms. The van der Waals surface area contributed by atoms with Crippen LogP contribution < -0.4 is 0 Å². The van der Waals surface area contributed by atoms with Gasteiger partial charge in [0.15, 0.2) is 0 Å². The third-order valence-electron chi connectivity index (χ3n) is 2.76. The lowest BCUT2D eigenvalue weighted by molar-refractivity contribution is -0.0594. The van der Waals surface area contributed by atoms with Crippen LogP contribution in [0.1, 0.15) is 41.0 Å². The van der Waals surface area contributed by atoms with E-state index in [1.54, 1.807) is 11.8 Å². The molecule has 0 aromatic carbocycles. The van der Waals surface area contributed by atoms with Gasteiger partial charge >= 0.3 is 6.09 Å². The summed E-state index contributed by atoms with van der Waals surface area (Å²) in [6, 6.07) is 0. The van der Waals surface area contributed by atoms with Crippen LogP contribution in [0.3, 0.4) is 0 Å². The first-order valence-corrected chi connectivity index (χ1v) is 6.41. The van der Waals surface area contributed by atoms with Crippen LogP contribution in [0.2, 0.25) is 0 Å². The van der Waals surface area contributed by atoms with Crippen molar-refractivity contribution in [2.75, 3.05) is 19.7 Å². The number of hydrogen-bond donors (Lipinski definition) is 1. The van der Waals surface area contributed by atoms with E-state index in [0.29, 0.717) is 19.7 Å². The molecule has 18 heavy (non-hydrogen) atoms. The predicted octanol–water partition coefficient (Wildman–Crippen LogP) is 1.78. The summed E-state index contributed by atoms with van der Waals surface area (Å²) in [6.07, 6.45) is -0.0248. The molecule has 1 aliphatic rings. The van der Waals surface area contributed by atoms with E-state index in [1.165, 1.54) is 0 Å². The lowest BCUT2D eigenvalue weighted by Gasteiger charge is -2.27. The molecule has 1 heterocycles. The van der Waals surface area contributed by atoms with Gasteiger partial charge in [-0.15, -0.1) is 0 Å². The van der Waals surface area contributed by atoms with Crippen molar-refractivity contribution in [3.63, 3.8) is 0 Å². The molecule has 0 radical (unpaired) electrons. The van der Waals surface area contributed by atoms with Gasteiger partial charge < -0.3 is 19.5 Å². The maximum Gasteiger partial charge on any atom is 0.410 e. The van der Waals surface area contributed by atoms with E-state index in [1.807, 2.05) is 27.7 Å². The fraction of sp³-hybridized carbons (Fsp3) is 0.923. The van der Waals surface area contributed by atoms with Gasteiger partial charge in [-0.3, -0.25) is 0 Å². The summed E-state index contributed by atoms with van der Waals surface area (Å²) in [4.78, 5) is 13.5. The second-order valence-corrected chi connectivity index (χ2v) is 6.26. The van der Waals surface area contributed by atoms with Gasteiger partial charge in [-0.1, -0.05) is 0 Å². The molecule has 1 rings (SSSR count). The van der Waals surface area contributed by atoms with Crippen LogP contribution in [0.15, 0.2) is 0 Å². The summed E-state index contributed by atoms with van der Waals surface area (Å²) in [5.41, 5.74) is -0.857. The average molecular weight is 259 g/mol. The molecule has 1 fully saturated rings. The van der Waals surface area contributed by atoms with Gasteiger partial charge in [-0.25, -0.2) is 4.79 Å². The summed E-state index contributed by atoms with van der Waals surface area (Å²) in [5.74, 6) is 0. The molecule has 2 unspecified atom stereocenters. The van der Waals surface area contributed by atoms with Crippen molar-refractivity contribution in [2.45, 2.75) is 58.3 Å². The number of ether oxygens (including phenoxy) is 2. The van der Waals surface area contributed by atoms with Gasteiger partial charge in [-0.05, 0) is 41.0 Å². The molecule has 2 atom stereocenters. The predicted molar refractivity (Wildman–Crippen MR) is 68.5 cm³/mol. The Morgan fingerprint density at radius 1 is 1.50 bits per heavy atom. The SMILES string of the molecule is CC(O)COC1(C)CCN(C(=O)OC(C)(C)C)C1. The van der Waals surface area contributed by atoms with E-state index >= 15 is 0 Å². The highest BCUT2D eigenvalue weighted by Gasteiger charge is 2.38. The zero-order valence-electron chi connectivity index (χ0n) is 12.0. The topological polar surface area (TPSA) is 59.0 Å². The summed E-state index contributed by atoms with van der Waals surface area (Å²) in [5, 5.41) is 9.22. The summed E-state index contributed by atoms with van der Waals surface area (Å²) < 4.78 is 11.0. The Hall–Kier alpha value is -0.810. The monoisotopic (exact) mass is 259 g/mol.